The first-order valence-electron chi connectivity index (χ1n) is 4.50. The number of rotatable bonds is 5. The highest BCUT2D eigenvalue weighted by Crippen LogP contribution is 2.16. The van der Waals surface area contributed by atoms with E-state index in [2.05, 4.69) is 0 Å². The maximum absolute atomic E-state index is 11.0. The Morgan fingerprint density at radius 2 is 2.43 bits per heavy atom. The molecule has 1 rings (SSSR count). The number of hydrogen-bond acceptors (Lipinski definition) is 4. The fourth-order valence-electron chi connectivity index (χ4n) is 0.982. The molecule has 0 unspecified atom stereocenters. The molecule has 0 radical (unpaired) electrons. The van der Waals surface area contributed by atoms with Crippen molar-refractivity contribution in [2.24, 2.45) is 0 Å². The second kappa shape index (κ2) is 5.75. The van der Waals surface area contributed by atoms with E-state index in [1.165, 1.54) is 11.8 Å². The molecule has 0 fully saturated rings. The van der Waals surface area contributed by atoms with Gasteiger partial charge in [-0.3, -0.25) is 4.79 Å². The molecule has 3 nitrogen and oxygen atoms in total. The average molecular weight is 214 g/mol. The second-order valence-corrected chi connectivity index (χ2v) is 3.81. The topological polar surface area (TPSA) is 39.4 Å². The van der Waals surface area contributed by atoms with Crippen molar-refractivity contribution in [2.75, 3.05) is 12.4 Å². The lowest BCUT2D eigenvalue weighted by atomic mass is 10.3. The van der Waals surface area contributed by atoms with Crippen molar-refractivity contribution in [3.8, 4) is 0 Å². The first-order valence-corrected chi connectivity index (χ1v) is 5.66. The summed E-state index contributed by atoms with van der Waals surface area (Å²) in [6.45, 7) is 4.24. The zero-order valence-electron chi connectivity index (χ0n) is 8.41. The Hall–Kier alpha value is -0.900. The molecule has 0 atom stereocenters. The van der Waals surface area contributed by atoms with Gasteiger partial charge in [-0.2, -0.15) is 0 Å². The standard InChI is InChI=1S/C10H14O3S/c1-3-12-10(11)7-14-6-9-8(2)4-5-13-9/h4-5H,3,6-7H2,1-2H3. The molecule has 1 aromatic heterocycles. The summed E-state index contributed by atoms with van der Waals surface area (Å²) in [6.07, 6.45) is 1.66. The minimum Gasteiger partial charge on any atom is -0.468 e. The van der Waals surface area contributed by atoms with E-state index in [1.807, 2.05) is 13.0 Å². The number of hydrogen-bond donors (Lipinski definition) is 0. The maximum atomic E-state index is 11.0. The second-order valence-electron chi connectivity index (χ2n) is 2.82. The van der Waals surface area contributed by atoms with Gasteiger partial charge in [0.1, 0.15) is 5.76 Å². The van der Waals surface area contributed by atoms with Gasteiger partial charge in [0.05, 0.1) is 24.4 Å². The molecule has 0 aliphatic rings. The molecule has 0 spiro atoms. The van der Waals surface area contributed by atoms with Gasteiger partial charge in [0, 0.05) is 0 Å². The van der Waals surface area contributed by atoms with Gasteiger partial charge in [0.15, 0.2) is 0 Å². The lowest BCUT2D eigenvalue weighted by Gasteiger charge is -2.00. The quantitative estimate of drug-likeness (QED) is 0.705. The Balaban J connectivity index is 2.22. The molecule has 0 saturated heterocycles. The van der Waals surface area contributed by atoms with E-state index in [0.717, 1.165) is 17.1 Å². The monoisotopic (exact) mass is 214 g/mol. The highest BCUT2D eigenvalue weighted by atomic mass is 32.2. The minimum absolute atomic E-state index is 0.165. The number of carbonyl (C=O) groups excluding carboxylic acids is 1. The van der Waals surface area contributed by atoms with E-state index in [4.69, 9.17) is 9.15 Å². The van der Waals surface area contributed by atoms with E-state index in [9.17, 15) is 4.79 Å². The lowest BCUT2D eigenvalue weighted by molar-refractivity contribution is -0.139. The molecule has 4 heteroatoms. The number of ether oxygens (including phenoxy) is 1. The van der Waals surface area contributed by atoms with Gasteiger partial charge in [0.25, 0.3) is 0 Å². The SMILES string of the molecule is CCOC(=O)CSCc1occc1C. The van der Waals surface area contributed by atoms with Gasteiger partial charge in [-0.1, -0.05) is 0 Å². The molecule has 1 aromatic rings. The molecule has 0 amide bonds. The summed E-state index contributed by atoms with van der Waals surface area (Å²) in [7, 11) is 0. The molecule has 14 heavy (non-hydrogen) atoms. The Morgan fingerprint density at radius 1 is 1.64 bits per heavy atom. The van der Waals surface area contributed by atoms with Gasteiger partial charge in [-0.25, -0.2) is 0 Å². The van der Waals surface area contributed by atoms with E-state index in [1.54, 1.807) is 13.2 Å². The van der Waals surface area contributed by atoms with E-state index in [-0.39, 0.29) is 5.97 Å². The Bertz CT molecular complexity index is 293. The van der Waals surface area contributed by atoms with Gasteiger partial charge >= 0.3 is 5.97 Å². The highest BCUT2D eigenvalue weighted by Gasteiger charge is 2.05. The summed E-state index contributed by atoms with van der Waals surface area (Å²) >= 11 is 1.50. The molecule has 0 N–H and O–H groups in total. The largest absolute Gasteiger partial charge is 0.468 e. The van der Waals surface area contributed by atoms with Crippen molar-refractivity contribution >= 4 is 17.7 Å². The van der Waals surface area contributed by atoms with Gasteiger partial charge in [-0.15, -0.1) is 11.8 Å². The van der Waals surface area contributed by atoms with Crippen LogP contribution in [0.3, 0.4) is 0 Å². The van der Waals surface area contributed by atoms with Crippen molar-refractivity contribution in [2.45, 2.75) is 19.6 Å². The van der Waals surface area contributed by atoms with Gasteiger partial charge in [0.2, 0.25) is 0 Å². The van der Waals surface area contributed by atoms with Crippen LogP contribution in [0.25, 0.3) is 0 Å². The molecule has 0 aromatic carbocycles. The summed E-state index contributed by atoms with van der Waals surface area (Å²) in [5.41, 5.74) is 1.13. The van der Waals surface area contributed by atoms with Crippen LogP contribution in [-0.4, -0.2) is 18.3 Å². The molecular weight excluding hydrogens is 200 g/mol. The third-order valence-electron chi connectivity index (χ3n) is 1.73. The normalized spacial score (nSPS) is 10.1. The third kappa shape index (κ3) is 3.46. The van der Waals surface area contributed by atoms with Crippen LogP contribution in [0.15, 0.2) is 16.7 Å². The van der Waals surface area contributed by atoms with Crippen LogP contribution in [0, 0.1) is 6.92 Å². The molecule has 0 bridgehead atoms. The fourth-order valence-corrected chi connectivity index (χ4v) is 1.81. The third-order valence-corrected chi connectivity index (χ3v) is 2.63. The smallest absolute Gasteiger partial charge is 0.315 e. The van der Waals surface area contributed by atoms with Crippen molar-refractivity contribution < 1.29 is 13.9 Å². The van der Waals surface area contributed by atoms with E-state index < -0.39 is 0 Å². The van der Waals surface area contributed by atoms with Crippen LogP contribution in [-0.2, 0) is 15.3 Å². The first-order chi connectivity index (χ1) is 6.74. The van der Waals surface area contributed by atoms with Crippen LogP contribution >= 0.6 is 11.8 Å². The predicted octanol–water partition coefficient (Wildman–Crippen LogP) is 2.38. The molecule has 0 aliphatic carbocycles. The van der Waals surface area contributed by atoms with Crippen molar-refractivity contribution in [1.82, 2.24) is 0 Å². The molecule has 0 aliphatic heterocycles. The zero-order chi connectivity index (χ0) is 10.4. The van der Waals surface area contributed by atoms with Gasteiger partial charge in [-0.05, 0) is 25.5 Å². The van der Waals surface area contributed by atoms with Crippen LogP contribution in [0.1, 0.15) is 18.2 Å². The van der Waals surface area contributed by atoms with Crippen LogP contribution in [0.2, 0.25) is 0 Å². The fraction of sp³-hybridized carbons (Fsp3) is 0.500. The summed E-state index contributed by atoms with van der Waals surface area (Å²) in [5.74, 6) is 1.87. The number of esters is 1. The van der Waals surface area contributed by atoms with Crippen molar-refractivity contribution in [3.05, 3.63) is 23.7 Å². The molecule has 1 heterocycles. The molecule has 0 saturated carbocycles. The lowest BCUT2D eigenvalue weighted by Crippen LogP contribution is -2.06. The molecule has 78 valence electrons. The molecular formula is C10H14O3S. The van der Waals surface area contributed by atoms with E-state index in [0.29, 0.717) is 12.4 Å². The first kappa shape index (κ1) is 11.2. The van der Waals surface area contributed by atoms with Crippen molar-refractivity contribution in [1.29, 1.82) is 0 Å². The number of thioether (sulfide) groups is 1. The van der Waals surface area contributed by atoms with Crippen LogP contribution in [0.4, 0.5) is 0 Å². The van der Waals surface area contributed by atoms with Gasteiger partial charge < -0.3 is 9.15 Å². The average Bonchev–Trinajstić information content (AvgIpc) is 2.52. The number of carbonyl (C=O) groups is 1. The summed E-state index contributed by atoms with van der Waals surface area (Å²) in [4.78, 5) is 11.0. The maximum Gasteiger partial charge on any atom is 0.315 e. The Kier molecular flexibility index (Phi) is 4.59. The Morgan fingerprint density at radius 3 is 3.00 bits per heavy atom. The minimum atomic E-state index is -0.165. The zero-order valence-corrected chi connectivity index (χ0v) is 9.23. The summed E-state index contributed by atoms with van der Waals surface area (Å²) in [5, 5.41) is 0. The predicted molar refractivity (Wildman–Crippen MR) is 56.2 cm³/mol. The van der Waals surface area contributed by atoms with Crippen molar-refractivity contribution in [3.63, 3.8) is 0 Å². The number of aryl methyl sites for hydroxylation is 1. The Labute approximate surface area is 87.8 Å². The summed E-state index contributed by atoms with van der Waals surface area (Å²) in [6, 6.07) is 1.92. The van der Waals surface area contributed by atoms with Crippen LogP contribution in [0.5, 0.6) is 0 Å². The van der Waals surface area contributed by atoms with E-state index >= 15 is 0 Å². The number of furan rings is 1. The van der Waals surface area contributed by atoms with Crippen LogP contribution < -0.4 is 0 Å². The summed E-state index contributed by atoms with van der Waals surface area (Å²) < 4.78 is 10.0. The highest BCUT2D eigenvalue weighted by molar-refractivity contribution is 7.99.